The molecule has 0 aliphatic rings. The maximum absolute atomic E-state index is 15.1. The number of pyridine rings is 1. The molecule has 0 fully saturated rings. The number of hydrogen-bond donors (Lipinski definition) is 3. The number of fused-ring (bicyclic) bond motifs is 1. The van der Waals surface area contributed by atoms with Crippen LogP contribution in [0.15, 0.2) is 54.9 Å². The zero-order chi connectivity index (χ0) is 25.3. The van der Waals surface area contributed by atoms with E-state index in [1.165, 1.54) is 24.5 Å². The van der Waals surface area contributed by atoms with Crippen molar-refractivity contribution in [2.75, 3.05) is 10.5 Å². The maximum atomic E-state index is 15.1. The van der Waals surface area contributed by atoms with Gasteiger partial charge in [-0.15, -0.1) is 0 Å². The van der Waals surface area contributed by atoms with Gasteiger partial charge in [0.15, 0.2) is 11.6 Å². The Kier molecular flexibility index (Phi) is 6.35. The topological polar surface area (TPSA) is 129 Å². The number of carboxylic acids is 1. The molecule has 0 saturated carbocycles. The number of halogens is 2. The van der Waals surface area contributed by atoms with Crippen LogP contribution < -0.4 is 4.72 Å². The highest BCUT2D eigenvalue weighted by Gasteiger charge is 2.25. The number of aromatic amines is 1. The lowest BCUT2D eigenvalue weighted by atomic mass is 10.00. The number of ketones is 1. The van der Waals surface area contributed by atoms with Gasteiger partial charge in [0.2, 0.25) is 10.0 Å². The number of H-pyrrole nitrogens is 1. The molecule has 0 bridgehead atoms. The summed E-state index contributed by atoms with van der Waals surface area (Å²) in [5, 5.41) is 9.42. The van der Waals surface area contributed by atoms with Crippen molar-refractivity contribution in [3.05, 3.63) is 83.2 Å². The SMILES string of the molecule is CCCS(=O)(=O)Nc1c(F)ccc(C(=O)c2c[nH]c3ncc(-c4ccc(C(=O)O)cc4)cc23)c1F. The summed E-state index contributed by atoms with van der Waals surface area (Å²) < 4.78 is 55.4. The number of aromatic carboxylic acids is 1. The third-order valence-corrected chi connectivity index (χ3v) is 6.77. The highest BCUT2D eigenvalue weighted by atomic mass is 32.2. The van der Waals surface area contributed by atoms with E-state index in [0.717, 1.165) is 12.1 Å². The fraction of sp³-hybridized carbons (Fsp3) is 0.125. The second-order valence-corrected chi connectivity index (χ2v) is 9.58. The molecule has 0 amide bonds. The van der Waals surface area contributed by atoms with E-state index >= 15 is 4.39 Å². The van der Waals surface area contributed by atoms with Crippen molar-refractivity contribution in [3.8, 4) is 11.1 Å². The molecule has 35 heavy (non-hydrogen) atoms. The van der Waals surface area contributed by atoms with E-state index in [1.807, 2.05) is 4.72 Å². The highest BCUT2D eigenvalue weighted by molar-refractivity contribution is 7.92. The monoisotopic (exact) mass is 499 g/mol. The van der Waals surface area contributed by atoms with Crippen LogP contribution in [0, 0.1) is 11.6 Å². The summed E-state index contributed by atoms with van der Waals surface area (Å²) in [5.41, 5.74) is 0.284. The molecule has 3 N–H and O–H groups in total. The van der Waals surface area contributed by atoms with Gasteiger partial charge in [-0.05, 0) is 42.3 Å². The average molecular weight is 499 g/mol. The molecular formula is C24H19F2N3O5S. The molecule has 0 atom stereocenters. The molecule has 4 aromatic rings. The second-order valence-electron chi connectivity index (χ2n) is 7.74. The zero-order valence-corrected chi connectivity index (χ0v) is 19.1. The van der Waals surface area contributed by atoms with Gasteiger partial charge in [0, 0.05) is 28.9 Å². The van der Waals surface area contributed by atoms with Crippen LogP contribution in [0.4, 0.5) is 14.5 Å². The number of benzene rings is 2. The standard InChI is InChI=1S/C24H19F2N3O5S/c1-2-9-35(33,34)29-21-19(25)8-7-16(20(21)26)22(30)18-12-28-23-17(18)10-15(11-27-23)13-3-5-14(6-4-13)24(31)32/h3-8,10-12,29H,2,9H2,1H3,(H,27,28)(H,31,32). The fourth-order valence-electron chi connectivity index (χ4n) is 3.60. The van der Waals surface area contributed by atoms with E-state index in [4.69, 9.17) is 5.11 Å². The first-order chi connectivity index (χ1) is 16.6. The Hall–Kier alpha value is -4.12. The first-order valence-electron chi connectivity index (χ1n) is 10.5. The molecule has 0 saturated heterocycles. The van der Waals surface area contributed by atoms with Crippen LogP contribution in [0.3, 0.4) is 0 Å². The molecule has 2 heterocycles. The number of hydrogen-bond acceptors (Lipinski definition) is 5. The Bertz CT molecular complexity index is 1560. The highest BCUT2D eigenvalue weighted by Crippen LogP contribution is 2.29. The quantitative estimate of drug-likeness (QED) is 0.304. The molecule has 0 spiro atoms. The minimum atomic E-state index is -4.00. The van der Waals surface area contributed by atoms with E-state index in [0.29, 0.717) is 22.2 Å². The summed E-state index contributed by atoms with van der Waals surface area (Å²) in [5.74, 6) is -4.68. The van der Waals surface area contributed by atoms with Gasteiger partial charge in [0.25, 0.3) is 0 Å². The van der Waals surface area contributed by atoms with Crippen LogP contribution in [0.25, 0.3) is 22.2 Å². The third kappa shape index (κ3) is 4.76. The van der Waals surface area contributed by atoms with E-state index in [-0.39, 0.29) is 23.3 Å². The fourth-order valence-corrected chi connectivity index (χ4v) is 4.73. The number of carboxylic acid groups (broad SMARTS) is 1. The molecule has 0 radical (unpaired) electrons. The van der Waals surface area contributed by atoms with E-state index in [1.54, 1.807) is 25.1 Å². The van der Waals surface area contributed by atoms with Crippen molar-refractivity contribution in [2.45, 2.75) is 13.3 Å². The van der Waals surface area contributed by atoms with Gasteiger partial charge in [-0.1, -0.05) is 19.1 Å². The summed E-state index contributed by atoms with van der Waals surface area (Å²) in [6.07, 6.45) is 3.10. The third-order valence-electron chi connectivity index (χ3n) is 5.31. The number of sulfonamides is 1. The van der Waals surface area contributed by atoms with Crippen molar-refractivity contribution in [1.82, 2.24) is 9.97 Å². The van der Waals surface area contributed by atoms with Crippen LogP contribution in [0.1, 0.15) is 39.6 Å². The number of aromatic nitrogens is 2. The minimum absolute atomic E-state index is 0.0457. The molecule has 0 aliphatic heterocycles. The van der Waals surface area contributed by atoms with Crippen molar-refractivity contribution in [1.29, 1.82) is 0 Å². The summed E-state index contributed by atoms with van der Waals surface area (Å²) >= 11 is 0. The second kappa shape index (κ2) is 9.26. The number of nitrogens with one attached hydrogen (secondary N) is 2. The first-order valence-corrected chi connectivity index (χ1v) is 12.1. The van der Waals surface area contributed by atoms with Gasteiger partial charge in [-0.3, -0.25) is 9.52 Å². The predicted molar refractivity (Wildman–Crippen MR) is 126 cm³/mol. The normalized spacial score (nSPS) is 11.5. The molecule has 11 heteroatoms. The van der Waals surface area contributed by atoms with Gasteiger partial charge < -0.3 is 10.1 Å². The lowest BCUT2D eigenvalue weighted by Gasteiger charge is -2.11. The van der Waals surface area contributed by atoms with Gasteiger partial charge in [0.1, 0.15) is 17.2 Å². The number of anilines is 1. The summed E-state index contributed by atoms with van der Waals surface area (Å²) in [4.78, 5) is 31.4. The maximum Gasteiger partial charge on any atom is 0.335 e. The van der Waals surface area contributed by atoms with Crippen molar-refractivity contribution < 1.29 is 31.9 Å². The number of rotatable bonds is 8. The molecule has 0 unspecified atom stereocenters. The van der Waals surface area contributed by atoms with Crippen molar-refractivity contribution >= 4 is 38.5 Å². The Morgan fingerprint density at radius 3 is 2.43 bits per heavy atom. The van der Waals surface area contributed by atoms with Crippen molar-refractivity contribution in [2.24, 2.45) is 0 Å². The van der Waals surface area contributed by atoms with Gasteiger partial charge in [-0.2, -0.15) is 0 Å². The largest absolute Gasteiger partial charge is 0.478 e. The van der Waals surface area contributed by atoms with Crippen molar-refractivity contribution in [3.63, 3.8) is 0 Å². The summed E-state index contributed by atoms with van der Waals surface area (Å²) in [6.45, 7) is 1.60. The molecule has 2 aromatic carbocycles. The van der Waals surface area contributed by atoms with Gasteiger partial charge in [0.05, 0.1) is 16.9 Å². The molecule has 0 aliphatic carbocycles. The Morgan fingerprint density at radius 1 is 1.06 bits per heavy atom. The zero-order valence-electron chi connectivity index (χ0n) is 18.3. The Balaban J connectivity index is 1.75. The lowest BCUT2D eigenvalue weighted by Crippen LogP contribution is -2.19. The number of carbonyl (C=O) groups excluding carboxylic acids is 1. The summed E-state index contributed by atoms with van der Waals surface area (Å²) in [7, 11) is -4.00. The smallest absolute Gasteiger partial charge is 0.335 e. The van der Waals surface area contributed by atoms with E-state index < -0.39 is 44.7 Å². The predicted octanol–water partition coefficient (Wildman–Crippen LogP) is 4.59. The Morgan fingerprint density at radius 2 is 1.77 bits per heavy atom. The molecule has 8 nitrogen and oxygen atoms in total. The number of nitrogens with zero attached hydrogens (tertiary/aromatic N) is 1. The first kappa shape index (κ1) is 24.0. The average Bonchev–Trinajstić information content (AvgIpc) is 3.25. The number of carbonyl (C=O) groups is 2. The molecule has 4 rings (SSSR count). The van der Waals surface area contributed by atoms with Crippen LogP contribution in [0.5, 0.6) is 0 Å². The van der Waals surface area contributed by atoms with Crippen LogP contribution in [-0.4, -0.2) is 41.0 Å². The molecule has 2 aromatic heterocycles. The Labute approximate surface area is 198 Å². The van der Waals surface area contributed by atoms with Crippen LogP contribution >= 0.6 is 0 Å². The van der Waals surface area contributed by atoms with Gasteiger partial charge >= 0.3 is 5.97 Å². The van der Waals surface area contributed by atoms with Gasteiger partial charge in [-0.25, -0.2) is 27.0 Å². The molecular weight excluding hydrogens is 480 g/mol. The molecule has 180 valence electrons. The van der Waals surface area contributed by atoms with E-state index in [9.17, 15) is 22.4 Å². The lowest BCUT2D eigenvalue weighted by molar-refractivity contribution is 0.0696. The van der Waals surface area contributed by atoms with Crippen LogP contribution in [0.2, 0.25) is 0 Å². The minimum Gasteiger partial charge on any atom is -0.478 e. The van der Waals surface area contributed by atoms with Crippen LogP contribution in [-0.2, 0) is 10.0 Å². The van der Waals surface area contributed by atoms with E-state index in [2.05, 4.69) is 9.97 Å². The summed E-state index contributed by atoms with van der Waals surface area (Å²) in [6, 6.07) is 9.45.